The number of aryl methyl sites for hydroxylation is 1. The Labute approximate surface area is 163 Å². The molecular formula is C22H32N4O. The van der Waals surface area contributed by atoms with Crippen LogP contribution in [0.1, 0.15) is 56.5 Å². The largest absolute Gasteiger partial charge is 0.492 e. The Balaban J connectivity index is 0.00000126. The molecule has 1 aromatic heterocycles. The van der Waals surface area contributed by atoms with Gasteiger partial charge in [0.05, 0.1) is 6.61 Å². The lowest BCUT2D eigenvalue weighted by atomic mass is 9.95. The van der Waals surface area contributed by atoms with Crippen molar-refractivity contribution in [1.29, 1.82) is 0 Å². The van der Waals surface area contributed by atoms with E-state index >= 15 is 0 Å². The van der Waals surface area contributed by atoms with E-state index in [1.165, 1.54) is 22.3 Å². The number of anilines is 3. The molecule has 0 spiro atoms. The molecule has 27 heavy (non-hydrogen) atoms. The first-order valence-corrected chi connectivity index (χ1v) is 9.80. The first-order valence-electron chi connectivity index (χ1n) is 9.80. The minimum atomic E-state index is 0.606. The maximum atomic E-state index is 5.93. The summed E-state index contributed by atoms with van der Waals surface area (Å²) in [6.45, 7) is 13.1. The number of ether oxygens (including phenoxy) is 1. The predicted octanol–water partition coefficient (Wildman–Crippen LogP) is 5.65. The van der Waals surface area contributed by atoms with Gasteiger partial charge >= 0.3 is 0 Å². The van der Waals surface area contributed by atoms with Gasteiger partial charge in [0, 0.05) is 42.0 Å². The summed E-state index contributed by atoms with van der Waals surface area (Å²) in [5, 5.41) is 6.49. The monoisotopic (exact) mass is 368 g/mol. The number of nitrogens with zero attached hydrogens (tertiary/aromatic N) is 2. The molecule has 0 amide bonds. The van der Waals surface area contributed by atoms with Gasteiger partial charge in [-0.25, -0.2) is 4.98 Å². The van der Waals surface area contributed by atoms with E-state index in [9.17, 15) is 0 Å². The third kappa shape index (κ3) is 4.59. The van der Waals surface area contributed by atoms with Crippen LogP contribution in [-0.4, -0.2) is 23.6 Å². The molecular weight excluding hydrogens is 336 g/mol. The topological polar surface area (TPSA) is 59.1 Å². The molecule has 0 radical (unpaired) electrons. The highest BCUT2D eigenvalue weighted by Crippen LogP contribution is 2.41. The molecule has 0 saturated carbocycles. The molecule has 146 valence electrons. The number of hydrogen-bond donors (Lipinski definition) is 2. The van der Waals surface area contributed by atoms with Gasteiger partial charge in [-0.05, 0) is 44.4 Å². The minimum absolute atomic E-state index is 0.606. The molecule has 2 aromatic rings. The van der Waals surface area contributed by atoms with E-state index in [0.717, 1.165) is 42.4 Å². The van der Waals surface area contributed by atoms with Gasteiger partial charge in [-0.2, -0.15) is 4.98 Å². The Kier molecular flexibility index (Phi) is 7.22. The van der Waals surface area contributed by atoms with Crippen molar-refractivity contribution < 1.29 is 4.74 Å². The van der Waals surface area contributed by atoms with Crippen LogP contribution < -0.4 is 15.4 Å². The molecule has 5 heteroatoms. The van der Waals surface area contributed by atoms with E-state index in [0.29, 0.717) is 5.95 Å². The minimum Gasteiger partial charge on any atom is -0.492 e. The third-order valence-electron chi connectivity index (χ3n) is 4.50. The summed E-state index contributed by atoms with van der Waals surface area (Å²) in [5.74, 6) is 2.44. The van der Waals surface area contributed by atoms with Crippen molar-refractivity contribution in [2.24, 2.45) is 0 Å². The van der Waals surface area contributed by atoms with Crippen LogP contribution >= 0.6 is 0 Å². The van der Waals surface area contributed by atoms with Gasteiger partial charge in [0.1, 0.15) is 11.6 Å². The van der Waals surface area contributed by atoms with Gasteiger partial charge < -0.3 is 15.4 Å². The maximum Gasteiger partial charge on any atom is 0.229 e. The van der Waals surface area contributed by atoms with Crippen molar-refractivity contribution in [3.63, 3.8) is 0 Å². The SMILES string of the molecule is CC.CC/C=C(\C)c1c(C)c(Nc2nc(C)cc(NC)n2)cc2c1OCC2. The van der Waals surface area contributed by atoms with Crippen molar-refractivity contribution >= 4 is 23.0 Å². The van der Waals surface area contributed by atoms with Crippen LogP contribution in [0.5, 0.6) is 5.75 Å². The van der Waals surface area contributed by atoms with E-state index in [1.807, 2.05) is 33.9 Å². The lowest BCUT2D eigenvalue weighted by Crippen LogP contribution is -2.05. The van der Waals surface area contributed by atoms with Crippen molar-refractivity contribution in [1.82, 2.24) is 9.97 Å². The number of fused-ring (bicyclic) bond motifs is 1. The second-order valence-corrected chi connectivity index (χ2v) is 6.40. The van der Waals surface area contributed by atoms with Crippen LogP contribution in [0.25, 0.3) is 5.57 Å². The van der Waals surface area contributed by atoms with E-state index in [2.05, 4.69) is 53.5 Å². The number of allylic oxidation sites excluding steroid dienone is 2. The summed E-state index contributed by atoms with van der Waals surface area (Å²) in [6.07, 6.45) is 4.19. The van der Waals surface area contributed by atoms with E-state index in [4.69, 9.17) is 4.74 Å². The fraction of sp³-hybridized carbons (Fsp3) is 0.455. The number of benzene rings is 1. The smallest absolute Gasteiger partial charge is 0.229 e. The number of rotatable bonds is 5. The van der Waals surface area contributed by atoms with Crippen molar-refractivity contribution in [2.75, 3.05) is 24.3 Å². The van der Waals surface area contributed by atoms with E-state index in [-0.39, 0.29) is 0 Å². The quantitative estimate of drug-likeness (QED) is 0.714. The summed E-state index contributed by atoms with van der Waals surface area (Å²) < 4.78 is 5.93. The van der Waals surface area contributed by atoms with Crippen LogP contribution in [0, 0.1) is 13.8 Å². The summed E-state index contributed by atoms with van der Waals surface area (Å²) in [6, 6.07) is 4.10. The average Bonchev–Trinajstić information content (AvgIpc) is 3.11. The summed E-state index contributed by atoms with van der Waals surface area (Å²) in [7, 11) is 1.86. The molecule has 0 unspecified atom stereocenters. The summed E-state index contributed by atoms with van der Waals surface area (Å²) in [5.41, 5.74) is 6.82. The molecule has 0 bridgehead atoms. The van der Waals surface area contributed by atoms with Crippen LogP contribution in [0.2, 0.25) is 0 Å². The van der Waals surface area contributed by atoms with Crippen LogP contribution in [0.4, 0.5) is 17.5 Å². The van der Waals surface area contributed by atoms with Crippen molar-refractivity contribution in [3.05, 3.63) is 40.6 Å². The standard InChI is InChI=1S/C20H26N4O.C2H6/c1-6-7-12(2)18-14(4)16(11-15-8-9-25-19(15)18)23-20-22-13(3)10-17(21-5)24-20;1-2/h7,10-11H,6,8-9H2,1-5H3,(H2,21,22,23,24);1-2H3/b12-7+;. The molecule has 3 rings (SSSR count). The van der Waals surface area contributed by atoms with Gasteiger partial charge in [-0.3, -0.25) is 0 Å². The molecule has 5 nitrogen and oxygen atoms in total. The Bertz CT molecular complexity index is 828. The average molecular weight is 369 g/mol. The highest BCUT2D eigenvalue weighted by molar-refractivity contribution is 5.80. The molecule has 0 fully saturated rings. The lowest BCUT2D eigenvalue weighted by Gasteiger charge is -2.17. The third-order valence-corrected chi connectivity index (χ3v) is 4.50. The van der Waals surface area contributed by atoms with Crippen molar-refractivity contribution in [2.45, 2.75) is 54.4 Å². The Morgan fingerprint density at radius 2 is 1.96 bits per heavy atom. The van der Waals surface area contributed by atoms with Crippen molar-refractivity contribution in [3.8, 4) is 5.75 Å². The Morgan fingerprint density at radius 3 is 2.63 bits per heavy atom. The lowest BCUT2D eigenvalue weighted by molar-refractivity contribution is 0.355. The zero-order valence-corrected chi connectivity index (χ0v) is 17.7. The fourth-order valence-corrected chi connectivity index (χ4v) is 3.31. The number of nitrogens with one attached hydrogen (secondary N) is 2. The van der Waals surface area contributed by atoms with Crippen LogP contribution in [0.15, 0.2) is 18.2 Å². The van der Waals surface area contributed by atoms with Crippen LogP contribution in [0.3, 0.4) is 0 Å². The normalized spacial score (nSPS) is 12.6. The first-order chi connectivity index (χ1) is 13.0. The van der Waals surface area contributed by atoms with Crippen LogP contribution in [-0.2, 0) is 6.42 Å². The molecule has 0 aliphatic carbocycles. The van der Waals surface area contributed by atoms with E-state index < -0.39 is 0 Å². The van der Waals surface area contributed by atoms with Gasteiger partial charge in [0.2, 0.25) is 5.95 Å². The molecule has 2 N–H and O–H groups in total. The molecule has 1 aromatic carbocycles. The second-order valence-electron chi connectivity index (χ2n) is 6.40. The summed E-state index contributed by atoms with van der Waals surface area (Å²) >= 11 is 0. The van der Waals surface area contributed by atoms with Gasteiger partial charge in [-0.1, -0.05) is 26.8 Å². The maximum absolute atomic E-state index is 5.93. The number of hydrogen-bond acceptors (Lipinski definition) is 5. The number of aromatic nitrogens is 2. The fourth-order valence-electron chi connectivity index (χ4n) is 3.31. The second kappa shape index (κ2) is 9.40. The molecule has 0 saturated heterocycles. The highest BCUT2D eigenvalue weighted by Gasteiger charge is 2.22. The van der Waals surface area contributed by atoms with Gasteiger partial charge in [0.15, 0.2) is 0 Å². The predicted molar refractivity (Wildman–Crippen MR) is 115 cm³/mol. The zero-order valence-electron chi connectivity index (χ0n) is 17.7. The molecule has 0 atom stereocenters. The van der Waals surface area contributed by atoms with Gasteiger partial charge in [-0.15, -0.1) is 0 Å². The van der Waals surface area contributed by atoms with E-state index in [1.54, 1.807) is 0 Å². The highest BCUT2D eigenvalue weighted by atomic mass is 16.5. The first kappa shape index (κ1) is 20.7. The Morgan fingerprint density at radius 1 is 1.22 bits per heavy atom. The molecule has 2 heterocycles. The molecule has 1 aliphatic rings. The van der Waals surface area contributed by atoms with Gasteiger partial charge in [0.25, 0.3) is 0 Å². The molecule has 1 aliphatic heterocycles. The summed E-state index contributed by atoms with van der Waals surface area (Å²) in [4.78, 5) is 9.03. The Hall–Kier alpha value is -2.56. The zero-order chi connectivity index (χ0) is 20.0.